The van der Waals surface area contributed by atoms with E-state index in [1.54, 1.807) is 0 Å². The van der Waals surface area contributed by atoms with Gasteiger partial charge >= 0.3 is 15.5 Å². The molecule has 0 saturated heterocycles. The van der Waals surface area contributed by atoms with Gasteiger partial charge in [0, 0.05) is 0 Å². The lowest BCUT2D eigenvalue weighted by atomic mass is 10.3. The van der Waals surface area contributed by atoms with Gasteiger partial charge in [-0.2, -0.15) is 25.3 Å². The molecule has 130 valence electrons. The molecule has 24 heavy (non-hydrogen) atoms. The van der Waals surface area contributed by atoms with Crippen molar-refractivity contribution in [3.63, 3.8) is 0 Å². The third kappa shape index (κ3) is 3.22. The Bertz CT molecular complexity index is 924. The van der Waals surface area contributed by atoms with Gasteiger partial charge in [-0.25, -0.2) is 12.8 Å². The van der Waals surface area contributed by atoms with Gasteiger partial charge in [-0.1, -0.05) is 18.2 Å². The van der Waals surface area contributed by atoms with Crippen LogP contribution in [0.3, 0.4) is 0 Å². The summed E-state index contributed by atoms with van der Waals surface area (Å²) in [5.74, 6) is -0.875. The van der Waals surface area contributed by atoms with Crippen LogP contribution in [0.25, 0.3) is 0 Å². The molecule has 0 aliphatic heterocycles. The van der Waals surface area contributed by atoms with Crippen LogP contribution in [0.4, 0.5) is 23.2 Å². The number of halogens is 4. The van der Waals surface area contributed by atoms with Gasteiger partial charge in [-0.3, -0.25) is 0 Å². The van der Waals surface area contributed by atoms with Gasteiger partial charge in [0.15, 0.2) is 0 Å². The zero-order valence-electron chi connectivity index (χ0n) is 11.6. The molecule has 2 aromatic rings. The first kappa shape index (κ1) is 18.2. The first-order valence-electron chi connectivity index (χ1n) is 6.15. The minimum Gasteiger partial charge on any atom is -0.207 e. The van der Waals surface area contributed by atoms with E-state index < -0.39 is 45.7 Å². The maximum Gasteiger partial charge on any atom is 0.517 e. The molecule has 0 atom stereocenters. The second-order valence-electron chi connectivity index (χ2n) is 4.44. The molecular weight excluding hydrogens is 374 g/mol. The minimum absolute atomic E-state index is 0.624. The van der Waals surface area contributed by atoms with E-state index in [1.807, 2.05) is 0 Å². The third-order valence-electron chi connectivity index (χ3n) is 2.81. The molecule has 11 heteroatoms. The molecule has 0 aliphatic rings. The van der Waals surface area contributed by atoms with E-state index in [1.165, 1.54) is 18.2 Å². The zero-order valence-corrected chi connectivity index (χ0v) is 13.2. The van der Waals surface area contributed by atoms with Crippen LogP contribution >= 0.6 is 0 Å². The molecule has 0 bridgehead atoms. The van der Waals surface area contributed by atoms with Crippen molar-refractivity contribution in [3.05, 3.63) is 60.4 Å². The second-order valence-corrected chi connectivity index (χ2v) is 8.24. The molecule has 2 rings (SSSR count). The van der Waals surface area contributed by atoms with E-state index >= 15 is 0 Å². The highest BCUT2D eigenvalue weighted by molar-refractivity contribution is 8.10. The average Bonchev–Trinajstić information content (AvgIpc) is 2.49. The Balaban J connectivity index is 2.76. The zero-order chi connectivity index (χ0) is 18.2. The Labute approximate surface area is 135 Å². The molecule has 0 N–H and O–H groups in total. The Morgan fingerprint density at radius 3 is 1.75 bits per heavy atom. The fourth-order valence-electron chi connectivity index (χ4n) is 1.75. The number of alkyl halides is 3. The van der Waals surface area contributed by atoms with Crippen LogP contribution in [0.2, 0.25) is 0 Å². The van der Waals surface area contributed by atoms with E-state index in [0.717, 1.165) is 12.1 Å². The van der Waals surface area contributed by atoms with Crippen molar-refractivity contribution in [1.82, 2.24) is 0 Å². The quantitative estimate of drug-likeness (QED) is 0.762. The molecular formula is C13H9F4NO4S2. The average molecular weight is 383 g/mol. The van der Waals surface area contributed by atoms with E-state index in [9.17, 15) is 34.4 Å². The highest BCUT2D eigenvalue weighted by Crippen LogP contribution is 2.35. The number of rotatable bonds is 4. The largest absolute Gasteiger partial charge is 0.517 e. The summed E-state index contributed by atoms with van der Waals surface area (Å²) >= 11 is 0. The lowest BCUT2D eigenvalue weighted by Gasteiger charge is -2.24. The van der Waals surface area contributed by atoms with Crippen molar-refractivity contribution in [1.29, 1.82) is 0 Å². The minimum atomic E-state index is -6.29. The molecule has 0 fully saturated rings. The van der Waals surface area contributed by atoms with Crippen LogP contribution in [0.1, 0.15) is 0 Å². The molecule has 2 aromatic carbocycles. The summed E-state index contributed by atoms with van der Waals surface area (Å²) in [4.78, 5) is -0.665. The van der Waals surface area contributed by atoms with Crippen molar-refractivity contribution in [2.75, 3.05) is 3.71 Å². The van der Waals surface area contributed by atoms with Crippen molar-refractivity contribution in [3.8, 4) is 0 Å². The molecule has 0 unspecified atom stereocenters. The Morgan fingerprint density at radius 2 is 1.29 bits per heavy atom. The van der Waals surface area contributed by atoms with Crippen molar-refractivity contribution in [2.45, 2.75) is 10.4 Å². The second kappa shape index (κ2) is 6.06. The summed E-state index contributed by atoms with van der Waals surface area (Å²) in [7, 11) is -11.4. The molecule has 5 nitrogen and oxygen atoms in total. The Morgan fingerprint density at radius 1 is 0.792 bits per heavy atom. The maximum absolute atomic E-state index is 13.0. The maximum atomic E-state index is 13.0. The number of benzene rings is 2. The predicted molar refractivity (Wildman–Crippen MR) is 77.5 cm³/mol. The van der Waals surface area contributed by atoms with Gasteiger partial charge < -0.3 is 0 Å². The molecule has 0 aliphatic carbocycles. The summed E-state index contributed by atoms with van der Waals surface area (Å²) in [5.41, 5.74) is -6.74. The van der Waals surface area contributed by atoms with Gasteiger partial charge in [0.25, 0.3) is 10.0 Å². The van der Waals surface area contributed by atoms with E-state index in [4.69, 9.17) is 0 Å². The van der Waals surface area contributed by atoms with Gasteiger partial charge in [0.2, 0.25) is 0 Å². The van der Waals surface area contributed by atoms with Crippen LogP contribution < -0.4 is 3.71 Å². The number of anilines is 1. The number of sulfonamides is 2. The van der Waals surface area contributed by atoms with Gasteiger partial charge in [0.05, 0.1) is 10.6 Å². The number of hydrogen-bond donors (Lipinski definition) is 0. The summed E-state index contributed by atoms with van der Waals surface area (Å²) in [6.07, 6.45) is 0. The van der Waals surface area contributed by atoms with E-state index in [2.05, 4.69) is 0 Å². The summed E-state index contributed by atoms with van der Waals surface area (Å²) in [6, 6.07) is 8.27. The Hall–Kier alpha value is -2.14. The van der Waals surface area contributed by atoms with Gasteiger partial charge in [0.1, 0.15) is 5.82 Å². The summed E-state index contributed by atoms with van der Waals surface area (Å²) < 4.78 is 99.5. The number of nitrogens with zero attached hydrogens (tertiary/aromatic N) is 1. The monoisotopic (exact) mass is 383 g/mol. The summed E-state index contributed by atoms with van der Waals surface area (Å²) in [6.45, 7) is 0. The third-order valence-corrected chi connectivity index (χ3v) is 6.73. The first-order valence-corrected chi connectivity index (χ1v) is 9.03. The lowest BCUT2D eigenvalue weighted by Crippen LogP contribution is -2.44. The molecule has 0 heterocycles. The smallest absolute Gasteiger partial charge is 0.207 e. The van der Waals surface area contributed by atoms with Gasteiger partial charge in [-0.15, -0.1) is 0 Å². The summed E-state index contributed by atoms with van der Waals surface area (Å²) in [5, 5.41) is 0. The standard InChI is InChI=1S/C13H9F4NO4S2/c14-10-6-8-11(9-7-10)18(24(21,22)13(15,16)17)23(19,20)12-4-2-1-3-5-12/h1-9H. The van der Waals surface area contributed by atoms with Crippen LogP contribution in [-0.4, -0.2) is 22.3 Å². The van der Waals surface area contributed by atoms with Crippen LogP contribution in [0, 0.1) is 5.82 Å². The normalized spacial score (nSPS) is 12.8. The fourth-order valence-corrected chi connectivity index (χ4v) is 4.98. The molecule has 0 aromatic heterocycles. The van der Waals surface area contributed by atoms with Crippen molar-refractivity contribution >= 4 is 25.7 Å². The van der Waals surface area contributed by atoms with Crippen LogP contribution in [-0.2, 0) is 20.0 Å². The topological polar surface area (TPSA) is 71.5 Å². The predicted octanol–water partition coefficient (Wildman–Crippen LogP) is 2.87. The Kier molecular flexibility index (Phi) is 4.59. The molecule has 0 saturated carbocycles. The van der Waals surface area contributed by atoms with Crippen molar-refractivity contribution < 1.29 is 34.4 Å². The lowest BCUT2D eigenvalue weighted by molar-refractivity contribution is -0.0434. The highest BCUT2D eigenvalue weighted by atomic mass is 32.3. The first-order chi connectivity index (χ1) is 11.0. The molecule has 0 amide bonds. The van der Waals surface area contributed by atoms with E-state index in [-0.39, 0.29) is 0 Å². The fraction of sp³-hybridized carbons (Fsp3) is 0.0769. The number of hydrogen-bond acceptors (Lipinski definition) is 4. The van der Waals surface area contributed by atoms with E-state index in [0.29, 0.717) is 24.3 Å². The molecule has 0 radical (unpaired) electrons. The van der Waals surface area contributed by atoms with Gasteiger partial charge in [-0.05, 0) is 36.4 Å². The van der Waals surface area contributed by atoms with Crippen molar-refractivity contribution in [2.24, 2.45) is 0 Å². The highest BCUT2D eigenvalue weighted by Gasteiger charge is 2.54. The molecule has 0 spiro atoms. The SMILES string of the molecule is O=S(=O)(c1ccccc1)N(c1ccc(F)cc1)S(=O)(=O)C(F)(F)F. The van der Waals surface area contributed by atoms with Crippen LogP contribution in [0.5, 0.6) is 0 Å². The van der Waals surface area contributed by atoms with Crippen LogP contribution in [0.15, 0.2) is 59.5 Å².